The van der Waals surface area contributed by atoms with Crippen molar-refractivity contribution in [2.75, 3.05) is 0 Å². The number of fused-ring (bicyclic) bond motifs is 1. The van der Waals surface area contributed by atoms with Gasteiger partial charge >= 0.3 is 0 Å². The van der Waals surface area contributed by atoms with Crippen molar-refractivity contribution in [1.82, 2.24) is 10.2 Å². The van der Waals surface area contributed by atoms with Gasteiger partial charge in [-0.3, -0.25) is 29.4 Å². The number of rotatable bonds is 1. The molecule has 6 nitrogen and oxygen atoms in total. The van der Waals surface area contributed by atoms with Crippen LogP contribution in [0.2, 0.25) is 0 Å². The maximum absolute atomic E-state index is 12.2. The first-order valence-electron chi connectivity index (χ1n) is 6.14. The van der Waals surface area contributed by atoms with Crippen LogP contribution in [-0.2, 0) is 19.2 Å². The van der Waals surface area contributed by atoms with Gasteiger partial charge in [-0.25, -0.2) is 0 Å². The van der Waals surface area contributed by atoms with E-state index in [4.69, 9.17) is 0 Å². The van der Waals surface area contributed by atoms with E-state index in [9.17, 15) is 19.2 Å². The molecule has 3 aliphatic rings. The lowest BCUT2D eigenvalue weighted by Gasteiger charge is -2.40. The van der Waals surface area contributed by atoms with Crippen molar-refractivity contribution in [3.8, 4) is 0 Å². The van der Waals surface area contributed by atoms with Crippen LogP contribution in [0.15, 0.2) is 24.3 Å². The Hall–Kier alpha value is -2.24. The molecule has 2 saturated heterocycles. The zero-order chi connectivity index (χ0) is 13.6. The van der Waals surface area contributed by atoms with Crippen molar-refractivity contribution in [2.24, 2.45) is 5.92 Å². The molecule has 6 heteroatoms. The van der Waals surface area contributed by atoms with Crippen molar-refractivity contribution >= 4 is 23.6 Å². The molecule has 0 saturated carbocycles. The molecule has 19 heavy (non-hydrogen) atoms. The first kappa shape index (κ1) is 11.8. The number of piperidine rings is 1. The zero-order valence-electron chi connectivity index (χ0n) is 10.1. The second-order valence-electron chi connectivity index (χ2n) is 4.84. The zero-order valence-corrected chi connectivity index (χ0v) is 10.1. The van der Waals surface area contributed by atoms with Crippen LogP contribution in [-0.4, -0.2) is 34.1 Å². The number of amides is 4. The first-order chi connectivity index (χ1) is 9.07. The Balaban J connectivity index is 2.14. The van der Waals surface area contributed by atoms with E-state index in [0.29, 0.717) is 6.42 Å². The molecule has 2 aliphatic heterocycles. The van der Waals surface area contributed by atoms with Gasteiger partial charge in [-0.15, -0.1) is 0 Å². The van der Waals surface area contributed by atoms with Gasteiger partial charge < -0.3 is 0 Å². The van der Waals surface area contributed by atoms with E-state index >= 15 is 0 Å². The Kier molecular flexibility index (Phi) is 2.41. The highest BCUT2D eigenvalue weighted by Crippen LogP contribution is 2.38. The van der Waals surface area contributed by atoms with Gasteiger partial charge in [0.05, 0.1) is 5.92 Å². The highest BCUT2D eigenvalue weighted by molar-refractivity contribution is 6.16. The average molecular weight is 260 g/mol. The van der Waals surface area contributed by atoms with Crippen molar-refractivity contribution in [3.05, 3.63) is 24.3 Å². The predicted octanol–water partition coefficient (Wildman–Crippen LogP) is -0.337. The van der Waals surface area contributed by atoms with Gasteiger partial charge in [-0.1, -0.05) is 18.2 Å². The summed E-state index contributed by atoms with van der Waals surface area (Å²) in [6.07, 6.45) is 7.18. The topological polar surface area (TPSA) is 83.6 Å². The number of imide groups is 2. The third-order valence-electron chi connectivity index (χ3n) is 3.77. The summed E-state index contributed by atoms with van der Waals surface area (Å²) in [4.78, 5) is 49.1. The molecule has 98 valence electrons. The monoisotopic (exact) mass is 260 g/mol. The van der Waals surface area contributed by atoms with Gasteiger partial charge in [0.15, 0.2) is 5.54 Å². The molecule has 0 aromatic carbocycles. The summed E-state index contributed by atoms with van der Waals surface area (Å²) < 4.78 is 0. The Morgan fingerprint density at radius 3 is 2.47 bits per heavy atom. The first-order valence-corrected chi connectivity index (χ1v) is 6.14. The van der Waals surface area contributed by atoms with Gasteiger partial charge in [0, 0.05) is 12.8 Å². The van der Waals surface area contributed by atoms with Crippen LogP contribution in [0.1, 0.15) is 19.3 Å². The van der Waals surface area contributed by atoms with E-state index < -0.39 is 35.1 Å². The highest BCUT2D eigenvalue weighted by atomic mass is 16.2. The number of carbonyl (C=O) groups is 4. The quantitative estimate of drug-likeness (QED) is 0.654. The van der Waals surface area contributed by atoms with Gasteiger partial charge in [0.2, 0.25) is 17.7 Å². The van der Waals surface area contributed by atoms with Gasteiger partial charge in [-0.2, -0.15) is 0 Å². The normalized spacial score (nSPS) is 33.7. The van der Waals surface area contributed by atoms with E-state index in [2.05, 4.69) is 5.32 Å². The number of likely N-dealkylation sites (tertiary alicyclic amines) is 1. The number of hydrogen-bond donors (Lipinski definition) is 1. The number of nitrogens with one attached hydrogen (secondary N) is 1. The summed E-state index contributed by atoms with van der Waals surface area (Å²) in [6.45, 7) is 0. The summed E-state index contributed by atoms with van der Waals surface area (Å²) in [5.41, 5.74) is -1.50. The van der Waals surface area contributed by atoms with Gasteiger partial charge in [0.1, 0.15) is 0 Å². The molecule has 0 aromatic heterocycles. The summed E-state index contributed by atoms with van der Waals surface area (Å²) in [6, 6.07) is 0. The third kappa shape index (κ3) is 1.43. The minimum Gasteiger partial charge on any atom is -0.293 e. The van der Waals surface area contributed by atoms with Gasteiger partial charge in [-0.05, 0) is 12.5 Å². The molecule has 0 bridgehead atoms. The third-order valence-corrected chi connectivity index (χ3v) is 3.77. The van der Waals surface area contributed by atoms with Crippen LogP contribution >= 0.6 is 0 Å². The molecule has 0 radical (unpaired) electrons. The van der Waals surface area contributed by atoms with Crippen LogP contribution in [0.4, 0.5) is 0 Å². The predicted molar refractivity (Wildman–Crippen MR) is 63.4 cm³/mol. The molecule has 2 fully saturated rings. The lowest BCUT2D eigenvalue weighted by atomic mass is 9.79. The molecule has 0 spiro atoms. The Labute approximate surface area is 109 Å². The number of nitrogens with zero attached hydrogens (tertiary/aromatic N) is 1. The summed E-state index contributed by atoms with van der Waals surface area (Å²) in [7, 11) is 0. The minimum atomic E-state index is -1.50. The molecule has 1 N–H and O–H groups in total. The molecular weight excluding hydrogens is 248 g/mol. The molecule has 3 rings (SSSR count). The maximum Gasteiger partial charge on any atom is 0.258 e. The second kappa shape index (κ2) is 3.88. The summed E-state index contributed by atoms with van der Waals surface area (Å²) in [5.74, 6) is -2.70. The molecule has 2 atom stereocenters. The molecular formula is C13H12N2O4. The molecule has 4 amide bonds. The van der Waals surface area contributed by atoms with E-state index in [1.54, 1.807) is 18.2 Å². The number of carbonyl (C=O) groups excluding carboxylic acids is 4. The lowest BCUT2D eigenvalue weighted by Crippen LogP contribution is -2.62. The fraction of sp³-hybridized carbons (Fsp3) is 0.385. The number of allylic oxidation sites excluding steroid dienone is 2. The van der Waals surface area contributed by atoms with Crippen LogP contribution in [0.3, 0.4) is 0 Å². The number of hydrogen-bond acceptors (Lipinski definition) is 4. The van der Waals surface area contributed by atoms with Crippen LogP contribution in [0.5, 0.6) is 0 Å². The minimum absolute atomic E-state index is 0.221. The van der Waals surface area contributed by atoms with E-state index in [-0.39, 0.29) is 12.8 Å². The van der Waals surface area contributed by atoms with Gasteiger partial charge in [0.25, 0.3) is 5.91 Å². The van der Waals surface area contributed by atoms with E-state index in [0.717, 1.165) is 4.90 Å². The molecule has 1 aliphatic carbocycles. The Morgan fingerprint density at radius 2 is 1.79 bits per heavy atom. The van der Waals surface area contributed by atoms with Crippen molar-refractivity contribution in [2.45, 2.75) is 24.8 Å². The van der Waals surface area contributed by atoms with E-state index in [1.807, 2.05) is 0 Å². The smallest absolute Gasteiger partial charge is 0.258 e. The van der Waals surface area contributed by atoms with E-state index in [1.165, 1.54) is 6.08 Å². The fourth-order valence-electron chi connectivity index (χ4n) is 2.90. The standard InChI is InChI=1S/C13H12N2O4/c16-9-5-3-6-10(17)15(9)13-7-2-1-4-8(13)11(18)14-12(13)19/h1-2,4,7-8H,3,5-6H2,(H,14,18,19). The second-order valence-corrected chi connectivity index (χ2v) is 4.84. The SMILES string of the molecule is O=C1NC(=O)C2(N3C(=O)CCCC3=O)C=CC=CC12. The average Bonchev–Trinajstić information content (AvgIpc) is 2.62. The van der Waals surface area contributed by atoms with Crippen molar-refractivity contribution < 1.29 is 19.2 Å². The molecule has 0 aromatic rings. The Bertz CT molecular complexity index is 547. The van der Waals surface area contributed by atoms with Crippen molar-refractivity contribution in [1.29, 1.82) is 0 Å². The molecule has 2 heterocycles. The maximum atomic E-state index is 12.2. The summed E-state index contributed by atoms with van der Waals surface area (Å²) in [5, 5.41) is 2.21. The summed E-state index contributed by atoms with van der Waals surface area (Å²) >= 11 is 0. The molecule has 2 unspecified atom stereocenters. The highest BCUT2D eigenvalue weighted by Gasteiger charge is 2.60. The largest absolute Gasteiger partial charge is 0.293 e. The van der Waals surface area contributed by atoms with Crippen molar-refractivity contribution in [3.63, 3.8) is 0 Å². The lowest BCUT2D eigenvalue weighted by molar-refractivity contribution is -0.158. The Morgan fingerprint density at radius 1 is 1.11 bits per heavy atom. The van der Waals surface area contributed by atoms with Crippen LogP contribution in [0.25, 0.3) is 0 Å². The van der Waals surface area contributed by atoms with Crippen LogP contribution < -0.4 is 5.32 Å². The fourth-order valence-corrected chi connectivity index (χ4v) is 2.90. The van der Waals surface area contributed by atoms with Crippen LogP contribution in [0, 0.1) is 5.92 Å².